The lowest BCUT2D eigenvalue weighted by Gasteiger charge is -2.32. The summed E-state index contributed by atoms with van der Waals surface area (Å²) in [6.45, 7) is 5.85. The lowest BCUT2D eigenvalue weighted by molar-refractivity contribution is 0.122. The summed E-state index contributed by atoms with van der Waals surface area (Å²) in [5.74, 6) is -0.316. The maximum Gasteiger partial charge on any atom is 0.322 e. The number of nitrogens with one attached hydrogen (secondary N) is 1. The van der Waals surface area contributed by atoms with Gasteiger partial charge in [-0.25, -0.2) is 9.18 Å². The first-order valence-corrected chi connectivity index (χ1v) is 10.0. The normalized spacial score (nSPS) is 19.6. The number of carbonyl (C=O) groups excluding carboxylic acids is 1. The molecule has 0 radical (unpaired) electrons. The number of hydrogen-bond donors (Lipinski definition) is 1. The van der Waals surface area contributed by atoms with Gasteiger partial charge in [0.05, 0.1) is 24.6 Å². The van der Waals surface area contributed by atoms with Gasteiger partial charge in [0.25, 0.3) is 0 Å². The molecule has 2 aromatic carbocycles. The van der Waals surface area contributed by atoms with Crippen molar-refractivity contribution in [1.82, 2.24) is 4.90 Å². The molecule has 2 aliphatic rings. The minimum absolute atomic E-state index is 0.0275. The van der Waals surface area contributed by atoms with Gasteiger partial charge in [0.2, 0.25) is 0 Å². The van der Waals surface area contributed by atoms with Crippen molar-refractivity contribution in [3.8, 4) is 0 Å². The van der Waals surface area contributed by atoms with Crippen LogP contribution >= 0.6 is 0 Å². The van der Waals surface area contributed by atoms with Crippen LogP contribution in [0.15, 0.2) is 42.5 Å². The van der Waals surface area contributed by atoms with Gasteiger partial charge in [-0.05, 0) is 36.8 Å². The third-order valence-electron chi connectivity index (χ3n) is 5.63. The molecular formula is C22H27FN4O2. The van der Waals surface area contributed by atoms with Crippen LogP contribution in [0, 0.1) is 5.82 Å². The van der Waals surface area contributed by atoms with Crippen LogP contribution in [0.25, 0.3) is 0 Å². The first kappa shape index (κ1) is 19.5. The molecule has 0 spiro atoms. The maximum atomic E-state index is 13.9. The number of benzene rings is 2. The van der Waals surface area contributed by atoms with Gasteiger partial charge in [0.1, 0.15) is 5.82 Å². The number of rotatable bonds is 2. The molecule has 2 aliphatic heterocycles. The van der Waals surface area contributed by atoms with E-state index >= 15 is 0 Å². The Balaban J connectivity index is 1.58. The van der Waals surface area contributed by atoms with Crippen molar-refractivity contribution in [2.24, 2.45) is 0 Å². The van der Waals surface area contributed by atoms with Gasteiger partial charge in [-0.3, -0.25) is 0 Å². The molecule has 1 atom stereocenters. The van der Waals surface area contributed by atoms with E-state index in [0.717, 1.165) is 17.8 Å². The van der Waals surface area contributed by atoms with Crippen molar-refractivity contribution in [2.45, 2.75) is 19.5 Å². The minimum atomic E-state index is -0.316. The number of carbonyl (C=O) groups is 1. The van der Waals surface area contributed by atoms with Crippen molar-refractivity contribution in [3.05, 3.63) is 53.8 Å². The van der Waals surface area contributed by atoms with Crippen molar-refractivity contribution in [3.63, 3.8) is 0 Å². The molecule has 2 heterocycles. The van der Waals surface area contributed by atoms with Crippen LogP contribution in [-0.2, 0) is 11.3 Å². The molecule has 1 fully saturated rings. The van der Waals surface area contributed by atoms with E-state index in [4.69, 9.17) is 4.74 Å². The van der Waals surface area contributed by atoms with E-state index in [1.807, 2.05) is 24.1 Å². The Hall–Kier alpha value is -2.80. The number of hydrogen-bond acceptors (Lipinski definition) is 4. The molecule has 29 heavy (non-hydrogen) atoms. The minimum Gasteiger partial charge on any atom is -0.378 e. The quantitative estimate of drug-likeness (QED) is 0.841. The van der Waals surface area contributed by atoms with Crippen LogP contribution in [0.1, 0.15) is 12.5 Å². The number of fused-ring (bicyclic) bond motifs is 1. The molecule has 1 N–H and O–H groups in total. The fourth-order valence-corrected chi connectivity index (χ4v) is 4.08. The van der Waals surface area contributed by atoms with Gasteiger partial charge in [0, 0.05) is 45.0 Å². The molecule has 0 saturated carbocycles. The van der Waals surface area contributed by atoms with E-state index in [-0.39, 0.29) is 17.9 Å². The number of morpholine rings is 1. The van der Waals surface area contributed by atoms with Gasteiger partial charge in [-0.15, -0.1) is 0 Å². The van der Waals surface area contributed by atoms with Gasteiger partial charge in [-0.2, -0.15) is 0 Å². The van der Waals surface area contributed by atoms with Gasteiger partial charge >= 0.3 is 6.03 Å². The topological polar surface area (TPSA) is 48.0 Å². The molecule has 154 valence electrons. The summed E-state index contributed by atoms with van der Waals surface area (Å²) in [6, 6.07) is 12.5. The second-order valence-electron chi connectivity index (χ2n) is 7.68. The van der Waals surface area contributed by atoms with Crippen molar-refractivity contribution in [1.29, 1.82) is 0 Å². The number of nitrogens with zero attached hydrogens (tertiary/aromatic N) is 3. The van der Waals surface area contributed by atoms with Crippen LogP contribution in [0.4, 0.5) is 26.2 Å². The zero-order chi connectivity index (χ0) is 20.4. The SMILES string of the molecule is C[C@H]1CN(C)c2ccccc2CN1C(=O)Nc1ccc(F)cc1N1CCOCC1. The number of amides is 2. The van der Waals surface area contributed by atoms with Crippen LogP contribution in [-0.4, -0.2) is 56.9 Å². The van der Waals surface area contributed by atoms with Crippen molar-refractivity contribution in [2.75, 3.05) is 55.0 Å². The number of urea groups is 1. The highest BCUT2D eigenvalue weighted by atomic mass is 19.1. The Morgan fingerprint density at radius 2 is 1.90 bits per heavy atom. The average molecular weight is 398 g/mol. The summed E-state index contributed by atoms with van der Waals surface area (Å²) < 4.78 is 19.3. The zero-order valence-corrected chi connectivity index (χ0v) is 16.9. The number of halogens is 1. The fraction of sp³-hybridized carbons (Fsp3) is 0.409. The largest absolute Gasteiger partial charge is 0.378 e. The molecule has 0 bridgehead atoms. The maximum absolute atomic E-state index is 13.9. The van der Waals surface area contributed by atoms with E-state index < -0.39 is 0 Å². The second kappa shape index (κ2) is 8.29. The van der Waals surface area contributed by atoms with E-state index in [1.54, 1.807) is 6.07 Å². The number of para-hydroxylation sites is 1. The molecule has 6 nitrogen and oxygen atoms in total. The van der Waals surface area contributed by atoms with E-state index in [9.17, 15) is 9.18 Å². The molecule has 1 saturated heterocycles. The summed E-state index contributed by atoms with van der Waals surface area (Å²) in [7, 11) is 2.05. The lowest BCUT2D eigenvalue weighted by atomic mass is 10.1. The van der Waals surface area contributed by atoms with Crippen LogP contribution in [0.3, 0.4) is 0 Å². The highest BCUT2D eigenvalue weighted by molar-refractivity contribution is 5.93. The molecular weight excluding hydrogens is 371 g/mol. The molecule has 7 heteroatoms. The summed E-state index contributed by atoms with van der Waals surface area (Å²) >= 11 is 0. The predicted octanol–water partition coefficient (Wildman–Crippen LogP) is 3.53. The number of likely N-dealkylation sites (N-methyl/N-ethyl adjacent to an activating group) is 1. The van der Waals surface area contributed by atoms with Crippen LogP contribution in [0.2, 0.25) is 0 Å². The van der Waals surface area contributed by atoms with E-state index in [2.05, 4.69) is 34.2 Å². The van der Waals surface area contributed by atoms with Crippen LogP contribution in [0.5, 0.6) is 0 Å². The first-order valence-electron chi connectivity index (χ1n) is 10.0. The first-order chi connectivity index (χ1) is 14.0. The third kappa shape index (κ3) is 4.15. The van der Waals surface area contributed by atoms with Gasteiger partial charge in [-0.1, -0.05) is 18.2 Å². The molecule has 2 aromatic rings. The molecule has 0 aliphatic carbocycles. The highest BCUT2D eigenvalue weighted by Crippen LogP contribution is 2.30. The zero-order valence-electron chi connectivity index (χ0n) is 16.9. The predicted molar refractivity (Wildman–Crippen MR) is 113 cm³/mol. The summed E-state index contributed by atoms with van der Waals surface area (Å²) in [5, 5.41) is 3.03. The van der Waals surface area contributed by atoms with Crippen molar-refractivity contribution >= 4 is 23.1 Å². The Morgan fingerprint density at radius 1 is 1.14 bits per heavy atom. The Kier molecular flexibility index (Phi) is 5.58. The highest BCUT2D eigenvalue weighted by Gasteiger charge is 2.28. The summed E-state index contributed by atoms with van der Waals surface area (Å²) in [5.41, 5.74) is 3.57. The smallest absolute Gasteiger partial charge is 0.322 e. The summed E-state index contributed by atoms with van der Waals surface area (Å²) in [6.07, 6.45) is 0. The average Bonchev–Trinajstić information content (AvgIpc) is 2.86. The monoisotopic (exact) mass is 398 g/mol. The Bertz CT molecular complexity index is 885. The van der Waals surface area contributed by atoms with Gasteiger partial charge in [0.15, 0.2) is 0 Å². The van der Waals surface area contributed by atoms with E-state index in [1.165, 1.54) is 12.1 Å². The molecule has 2 amide bonds. The lowest BCUT2D eigenvalue weighted by Crippen LogP contribution is -2.44. The second-order valence-corrected chi connectivity index (χ2v) is 7.68. The fourth-order valence-electron chi connectivity index (χ4n) is 4.08. The summed E-state index contributed by atoms with van der Waals surface area (Å²) in [4.78, 5) is 19.3. The molecule has 4 rings (SSSR count). The van der Waals surface area contributed by atoms with Crippen LogP contribution < -0.4 is 15.1 Å². The van der Waals surface area contributed by atoms with Gasteiger partial charge < -0.3 is 24.8 Å². The number of ether oxygens (including phenoxy) is 1. The Labute approximate surface area is 170 Å². The number of anilines is 3. The third-order valence-corrected chi connectivity index (χ3v) is 5.63. The molecule has 0 aromatic heterocycles. The standard InChI is InChI=1S/C22H27FN4O2/c1-16-14-25(2)20-6-4-3-5-17(20)15-27(16)22(28)24-19-8-7-18(23)13-21(19)26-9-11-29-12-10-26/h3-8,13,16H,9-12,14-15H2,1-2H3,(H,24,28)/t16-/m0/s1. The molecule has 0 unspecified atom stereocenters. The van der Waals surface area contributed by atoms with Crippen molar-refractivity contribution < 1.29 is 13.9 Å². The van der Waals surface area contributed by atoms with E-state index in [0.29, 0.717) is 44.2 Å². The Morgan fingerprint density at radius 3 is 2.69 bits per heavy atom.